The van der Waals surface area contributed by atoms with Gasteiger partial charge in [0.25, 0.3) is 0 Å². The maximum Gasteiger partial charge on any atom is 0.413 e. The largest absolute Gasteiger partial charge is 0.450 e. The van der Waals surface area contributed by atoms with Gasteiger partial charge in [0, 0.05) is 43.0 Å². The number of H-pyrrole nitrogens is 1. The molecule has 0 spiro atoms. The predicted octanol–water partition coefficient (Wildman–Crippen LogP) is 5.08. The number of carbonyl (C=O) groups excluding carboxylic acids is 2. The molecule has 1 aromatic carbocycles. The summed E-state index contributed by atoms with van der Waals surface area (Å²) < 4.78 is 18.5. The molecular weight excluding hydrogens is 513 g/mol. The van der Waals surface area contributed by atoms with Crippen molar-refractivity contribution in [2.45, 2.75) is 40.8 Å². The van der Waals surface area contributed by atoms with Crippen LogP contribution < -0.4 is 5.32 Å². The second-order valence-corrected chi connectivity index (χ2v) is 9.64. The number of halogens is 1. The van der Waals surface area contributed by atoms with E-state index in [4.69, 9.17) is 4.74 Å². The molecule has 210 valence electrons. The smallest absolute Gasteiger partial charge is 0.413 e. The number of hydrogen-bond acceptors (Lipinski definition) is 7. The third-order valence-corrected chi connectivity index (χ3v) is 6.59. The van der Waals surface area contributed by atoms with Crippen LogP contribution in [-0.4, -0.2) is 74.0 Å². The highest BCUT2D eigenvalue weighted by Gasteiger charge is 2.25. The second-order valence-electron chi connectivity index (χ2n) is 9.64. The molecule has 1 aliphatic heterocycles. The van der Waals surface area contributed by atoms with Gasteiger partial charge < -0.3 is 14.6 Å². The van der Waals surface area contributed by atoms with Gasteiger partial charge >= 0.3 is 6.09 Å². The minimum absolute atomic E-state index is 0. The van der Waals surface area contributed by atoms with Crippen LogP contribution in [0.15, 0.2) is 48.8 Å². The number of amides is 2. The minimum Gasteiger partial charge on any atom is -0.450 e. The zero-order chi connectivity index (χ0) is 27.5. The Morgan fingerprint density at radius 2 is 1.95 bits per heavy atom. The molecule has 2 amide bonds. The van der Waals surface area contributed by atoms with Gasteiger partial charge in [0.05, 0.1) is 41.8 Å². The van der Waals surface area contributed by atoms with Crippen LogP contribution >= 0.6 is 0 Å². The molecule has 4 heterocycles. The first kappa shape index (κ1) is 28.6. The number of piperazine rings is 1. The van der Waals surface area contributed by atoms with Gasteiger partial charge in [-0.1, -0.05) is 13.5 Å². The standard InChI is InChI=1S/C28H30FN7O3.CH4/c1-4-39-28(38)34-27-32-24-12-19(11-22(26(24)33-27)23-8-6-20(29)14-31-23)18-5-7-21(30-13-18)15-35-9-10-36(17(2)3)25(37)16-35;/h5-8,11-14,17H,4,9-10,15-16H2,1-3H3,(H2,32,33,34,38);1H4. The second kappa shape index (κ2) is 12.2. The maximum absolute atomic E-state index is 13.6. The van der Waals surface area contributed by atoms with Crippen molar-refractivity contribution in [3.63, 3.8) is 0 Å². The monoisotopic (exact) mass is 547 g/mol. The van der Waals surface area contributed by atoms with E-state index in [2.05, 4.69) is 30.2 Å². The van der Waals surface area contributed by atoms with Gasteiger partial charge in [-0.15, -0.1) is 0 Å². The number of aromatic amines is 1. The third-order valence-electron chi connectivity index (χ3n) is 6.59. The molecule has 0 bridgehead atoms. The van der Waals surface area contributed by atoms with Gasteiger partial charge in [-0.05, 0) is 56.7 Å². The van der Waals surface area contributed by atoms with Gasteiger partial charge in [0.2, 0.25) is 11.9 Å². The molecule has 0 saturated carbocycles. The Labute approximate surface area is 232 Å². The Morgan fingerprint density at radius 1 is 1.12 bits per heavy atom. The van der Waals surface area contributed by atoms with E-state index in [9.17, 15) is 14.0 Å². The molecule has 0 radical (unpaired) electrons. The van der Waals surface area contributed by atoms with Crippen LogP contribution in [0.4, 0.5) is 15.1 Å². The predicted molar refractivity (Wildman–Crippen MR) is 152 cm³/mol. The van der Waals surface area contributed by atoms with E-state index >= 15 is 0 Å². The topological polar surface area (TPSA) is 116 Å². The number of imidazole rings is 1. The third kappa shape index (κ3) is 6.26. The Bertz CT molecular complexity index is 1490. The van der Waals surface area contributed by atoms with Gasteiger partial charge in [-0.25, -0.2) is 14.2 Å². The molecule has 1 fully saturated rings. The molecule has 2 N–H and O–H groups in total. The van der Waals surface area contributed by atoms with Crippen LogP contribution in [0, 0.1) is 5.82 Å². The molecule has 4 aromatic rings. The number of carbonyl (C=O) groups is 2. The molecule has 0 aliphatic carbocycles. The molecule has 1 saturated heterocycles. The van der Waals surface area contributed by atoms with Crippen molar-refractivity contribution in [2.75, 3.05) is 31.6 Å². The van der Waals surface area contributed by atoms with Gasteiger partial charge in [0.1, 0.15) is 5.82 Å². The number of fused-ring (bicyclic) bond motifs is 1. The molecule has 3 aromatic heterocycles. The van der Waals surface area contributed by atoms with Crippen LogP contribution in [-0.2, 0) is 16.1 Å². The van der Waals surface area contributed by atoms with E-state index in [0.29, 0.717) is 41.9 Å². The van der Waals surface area contributed by atoms with Gasteiger partial charge in [0.15, 0.2) is 0 Å². The minimum atomic E-state index is -0.620. The molecule has 5 rings (SSSR count). The number of ether oxygens (including phenoxy) is 1. The van der Waals surface area contributed by atoms with E-state index in [-0.39, 0.29) is 31.9 Å². The Morgan fingerprint density at radius 3 is 2.60 bits per heavy atom. The van der Waals surface area contributed by atoms with E-state index < -0.39 is 11.9 Å². The lowest BCUT2D eigenvalue weighted by atomic mass is 10.0. The fourth-order valence-electron chi connectivity index (χ4n) is 4.67. The summed E-state index contributed by atoms with van der Waals surface area (Å²) in [7, 11) is 0. The summed E-state index contributed by atoms with van der Waals surface area (Å²) in [5.74, 6) is -0.0750. The van der Waals surface area contributed by atoms with Crippen LogP contribution in [0.5, 0.6) is 0 Å². The van der Waals surface area contributed by atoms with Crippen molar-refractivity contribution in [3.8, 4) is 22.4 Å². The quantitative estimate of drug-likeness (QED) is 0.331. The van der Waals surface area contributed by atoms with Crippen LogP contribution in [0.25, 0.3) is 33.4 Å². The summed E-state index contributed by atoms with van der Waals surface area (Å²) in [5, 5.41) is 2.59. The Balaban J connectivity index is 0.00000370. The highest BCUT2D eigenvalue weighted by molar-refractivity contribution is 5.97. The fraction of sp³-hybridized carbons (Fsp3) is 0.345. The lowest BCUT2D eigenvalue weighted by Crippen LogP contribution is -2.52. The highest BCUT2D eigenvalue weighted by Crippen LogP contribution is 2.33. The van der Waals surface area contributed by atoms with Crippen molar-refractivity contribution in [2.24, 2.45) is 0 Å². The summed E-state index contributed by atoms with van der Waals surface area (Å²) in [6.45, 7) is 8.50. The van der Waals surface area contributed by atoms with Crippen molar-refractivity contribution < 1.29 is 18.7 Å². The first-order valence-corrected chi connectivity index (χ1v) is 12.9. The molecule has 0 unspecified atom stereocenters. The normalized spacial score (nSPS) is 13.9. The molecule has 40 heavy (non-hydrogen) atoms. The lowest BCUT2D eigenvalue weighted by Gasteiger charge is -2.36. The summed E-state index contributed by atoms with van der Waals surface area (Å²) in [4.78, 5) is 44.9. The number of pyridine rings is 2. The zero-order valence-electron chi connectivity index (χ0n) is 22.1. The van der Waals surface area contributed by atoms with Gasteiger partial charge in [-0.3, -0.25) is 25.0 Å². The van der Waals surface area contributed by atoms with Crippen molar-refractivity contribution in [1.82, 2.24) is 29.7 Å². The van der Waals surface area contributed by atoms with E-state index in [1.807, 2.05) is 43.0 Å². The average Bonchev–Trinajstić information content (AvgIpc) is 3.31. The fourth-order valence-corrected chi connectivity index (χ4v) is 4.67. The number of rotatable bonds is 7. The molecule has 1 aliphatic rings. The summed E-state index contributed by atoms with van der Waals surface area (Å²) >= 11 is 0. The first-order chi connectivity index (χ1) is 18.8. The first-order valence-electron chi connectivity index (χ1n) is 12.9. The molecule has 10 nitrogen and oxygen atoms in total. The van der Waals surface area contributed by atoms with Crippen molar-refractivity contribution >= 4 is 29.0 Å². The number of benzene rings is 1. The Hall–Kier alpha value is -4.38. The molecule has 0 atom stereocenters. The van der Waals surface area contributed by atoms with E-state index in [1.165, 1.54) is 6.07 Å². The number of nitrogens with one attached hydrogen (secondary N) is 2. The summed E-state index contributed by atoms with van der Waals surface area (Å²) in [5.41, 5.74) is 5.00. The van der Waals surface area contributed by atoms with Crippen molar-refractivity contribution in [1.29, 1.82) is 0 Å². The average molecular weight is 548 g/mol. The molecule has 11 heteroatoms. The molecular formula is C29H34FN7O3. The van der Waals surface area contributed by atoms with E-state index in [1.54, 1.807) is 19.2 Å². The number of hydrogen-bond donors (Lipinski definition) is 2. The highest BCUT2D eigenvalue weighted by atomic mass is 19.1. The van der Waals surface area contributed by atoms with E-state index in [0.717, 1.165) is 29.6 Å². The number of aromatic nitrogens is 4. The SMILES string of the molecule is C.CCOC(=O)Nc1nc2c(-c3ccc(F)cn3)cc(-c3ccc(CN4CCN(C(C)C)C(=O)C4)nc3)cc2[nH]1. The number of nitrogens with zero attached hydrogens (tertiary/aromatic N) is 5. The van der Waals surface area contributed by atoms with Gasteiger partial charge in [-0.2, -0.15) is 0 Å². The Kier molecular flexibility index (Phi) is 8.73. The van der Waals surface area contributed by atoms with Crippen LogP contribution in [0.1, 0.15) is 33.9 Å². The summed E-state index contributed by atoms with van der Waals surface area (Å²) in [6.07, 6.45) is 2.32. The zero-order valence-corrected chi connectivity index (χ0v) is 22.1. The maximum atomic E-state index is 13.6. The van der Waals surface area contributed by atoms with Crippen molar-refractivity contribution in [3.05, 3.63) is 60.3 Å². The van der Waals surface area contributed by atoms with Crippen LogP contribution in [0.2, 0.25) is 0 Å². The van der Waals surface area contributed by atoms with Crippen LogP contribution in [0.3, 0.4) is 0 Å². The lowest BCUT2D eigenvalue weighted by molar-refractivity contribution is -0.138. The number of anilines is 1. The summed E-state index contributed by atoms with van der Waals surface area (Å²) in [6, 6.07) is 10.9.